The molecular formula is C6H9N. The molecule has 0 aromatic rings. The van der Waals surface area contributed by atoms with Gasteiger partial charge in [0.2, 0.25) is 0 Å². The summed E-state index contributed by atoms with van der Waals surface area (Å²) in [4.78, 5) is 0. The lowest BCUT2D eigenvalue weighted by molar-refractivity contribution is 0.680. The molecule has 1 saturated carbocycles. The van der Waals surface area contributed by atoms with Crippen molar-refractivity contribution in [3.8, 4) is 6.07 Å². The molecule has 1 nitrogen and oxygen atoms in total. The molecular weight excluding hydrogens is 86.1 g/mol. The molecule has 1 rings (SSSR count). The molecule has 2 atom stereocenters. The molecule has 0 aromatic carbocycles. The lowest BCUT2D eigenvalue weighted by Gasteiger charge is -1.88. The van der Waals surface area contributed by atoms with E-state index in [1.807, 2.05) is 6.92 Å². The molecule has 0 radical (unpaired) electrons. The van der Waals surface area contributed by atoms with Crippen molar-refractivity contribution in [2.24, 2.45) is 11.3 Å². The maximum absolute atomic E-state index is 8.39. The Morgan fingerprint density at radius 2 is 2.29 bits per heavy atom. The van der Waals surface area contributed by atoms with Crippen molar-refractivity contribution in [2.75, 3.05) is 0 Å². The fourth-order valence-electron chi connectivity index (χ4n) is 0.733. The Labute approximate surface area is 44.0 Å². The van der Waals surface area contributed by atoms with Crippen LogP contribution < -0.4 is 0 Å². The standard InChI is InChI=1S/C6H9N/c1-5-3-6(5,2)4-7/h5H,3H2,1-2H3/t5-,6-/m0/s1. The molecule has 0 N–H and O–H groups in total. The quantitative estimate of drug-likeness (QED) is 0.448. The van der Waals surface area contributed by atoms with Crippen molar-refractivity contribution >= 4 is 0 Å². The zero-order chi connectivity index (χ0) is 5.49. The van der Waals surface area contributed by atoms with E-state index in [-0.39, 0.29) is 5.41 Å². The Hall–Kier alpha value is -0.510. The molecule has 1 aliphatic rings. The second-order valence-corrected chi connectivity index (χ2v) is 2.63. The molecule has 0 saturated heterocycles. The predicted molar refractivity (Wildman–Crippen MR) is 27.5 cm³/mol. The molecule has 0 aliphatic heterocycles. The molecule has 0 spiro atoms. The number of nitrogens with zero attached hydrogens (tertiary/aromatic N) is 1. The van der Waals surface area contributed by atoms with Crippen molar-refractivity contribution in [2.45, 2.75) is 20.3 Å². The molecule has 0 bridgehead atoms. The Morgan fingerprint density at radius 1 is 1.86 bits per heavy atom. The Kier molecular flexibility index (Phi) is 0.667. The molecule has 1 fully saturated rings. The third-order valence-corrected chi connectivity index (χ3v) is 1.91. The van der Waals surface area contributed by atoms with E-state index in [9.17, 15) is 0 Å². The molecule has 0 aromatic heterocycles. The molecule has 0 amide bonds. The molecule has 0 unspecified atom stereocenters. The predicted octanol–water partition coefficient (Wildman–Crippen LogP) is 1.56. The summed E-state index contributed by atoms with van der Waals surface area (Å²) in [6.45, 7) is 4.13. The van der Waals surface area contributed by atoms with Gasteiger partial charge >= 0.3 is 0 Å². The van der Waals surface area contributed by atoms with E-state index in [2.05, 4.69) is 13.0 Å². The third-order valence-electron chi connectivity index (χ3n) is 1.91. The monoisotopic (exact) mass is 95.1 g/mol. The van der Waals surface area contributed by atoms with Crippen molar-refractivity contribution in [3.63, 3.8) is 0 Å². The summed E-state index contributed by atoms with van der Waals surface area (Å²) in [5.41, 5.74) is 0.0556. The van der Waals surface area contributed by atoms with Crippen molar-refractivity contribution < 1.29 is 0 Å². The van der Waals surface area contributed by atoms with E-state index in [1.165, 1.54) is 0 Å². The summed E-state index contributed by atoms with van der Waals surface area (Å²) < 4.78 is 0. The van der Waals surface area contributed by atoms with Crippen LogP contribution in [-0.4, -0.2) is 0 Å². The lowest BCUT2D eigenvalue weighted by Crippen LogP contribution is -1.87. The SMILES string of the molecule is C[C@H]1C[C@@]1(C)C#N. The van der Waals surface area contributed by atoms with Crippen LogP contribution in [0.2, 0.25) is 0 Å². The minimum atomic E-state index is 0.0556. The van der Waals surface area contributed by atoms with Gasteiger partial charge in [0.15, 0.2) is 0 Å². The molecule has 1 aliphatic carbocycles. The smallest absolute Gasteiger partial charge is 0.0689 e. The second kappa shape index (κ2) is 1.01. The molecule has 7 heavy (non-hydrogen) atoms. The summed E-state index contributed by atoms with van der Waals surface area (Å²) in [6.07, 6.45) is 1.10. The van der Waals surface area contributed by atoms with Crippen LogP contribution in [0.4, 0.5) is 0 Å². The normalized spacial score (nSPS) is 47.9. The van der Waals surface area contributed by atoms with Crippen molar-refractivity contribution in [1.29, 1.82) is 5.26 Å². The van der Waals surface area contributed by atoms with E-state index in [0.717, 1.165) is 6.42 Å². The highest BCUT2D eigenvalue weighted by molar-refractivity contribution is 5.11. The van der Waals surface area contributed by atoms with Gasteiger partial charge in [-0.25, -0.2) is 0 Å². The van der Waals surface area contributed by atoms with E-state index in [0.29, 0.717) is 5.92 Å². The maximum Gasteiger partial charge on any atom is 0.0689 e. The number of hydrogen-bond donors (Lipinski definition) is 0. The molecule has 38 valence electrons. The average Bonchev–Trinajstić information content (AvgIpc) is 2.18. The van der Waals surface area contributed by atoms with E-state index in [4.69, 9.17) is 5.26 Å². The zero-order valence-corrected chi connectivity index (χ0v) is 4.73. The Bertz CT molecular complexity index is 123. The Balaban J connectivity index is 2.57. The van der Waals surface area contributed by atoms with Crippen LogP contribution in [0.25, 0.3) is 0 Å². The van der Waals surface area contributed by atoms with Gasteiger partial charge in [0.25, 0.3) is 0 Å². The minimum absolute atomic E-state index is 0.0556. The third kappa shape index (κ3) is 0.507. The fraction of sp³-hybridized carbons (Fsp3) is 0.833. The molecule has 1 heteroatoms. The first-order chi connectivity index (χ1) is 3.19. The van der Waals surface area contributed by atoms with Crippen LogP contribution in [0.15, 0.2) is 0 Å². The van der Waals surface area contributed by atoms with Gasteiger partial charge in [0.05, 0.1) is 11.5 Å². The van der Waals surface area contributed by atoms with Gasteiger partial charge in [-0.05, 0) is 19.3 Å². The van der Waals surface area contributed by atoms with Crippen LogP contribution in [0.5, 0.6) is 0 Å². The summed E-state index contributed by atoms with van der Waals surface area (Å²) in [5, 5.41) is 8.39. The number of rotatable bonds is 0. The summed E-state index contributed by atoms with van der Waals surface area (Å²) in [6, 6.07) is 2.27. The lowest BCUT2D eigenvalue weighted by atomic mass is 10.1. The maximum atomic E-state index is 8.39. The topological polar surface area (TPSA) is 23.8 Å². The second-order valence-electron chi connectivity index (χ2n) is 2.63. The van der Waals surface area contributed by atoms with Crippen LogP contribution >= 0.6 is 0 Å². The molecule has 0 heterocycles. The van der Waals surface area contributed by atoms with Gasteiger partial charge in [-0.15, -0.1) is 0 Å². The highest BCUT2D eigenvalue weighted by atomic mass is 14.5. The van der Waals surface area contributed by atoms with Gasteiger partial charge in [-0.2, -0.15) is 5.26 Å². The van der Waals surface area contributed by atoms with Gasteiger partial charge in [0, 0.05) is 0 Å². The Morgan fingerprint density at radius 3 is 2.29 bits per heavy atom. The van der Waals surface area contributed by atoms with Crippen LogP contribution in [-0.2, 0) is 0 Å². The first-order valence-corrected chi connectivity index (χ1v) is 2.60. The average molecular weight is 95.1 g/mol. The highest BCUT2D eigenvalue weighted by Gasteiger charge is 2.46. The van der Waals surface area contributed by atoms with Crippen molar-refractivity contribution in [3.05, 3.63) is 0 Å². The van der Waals surface area contributed by atoms with Crippen LogP contribution in [0, 0.1) is 22.7 Å². The van der Waals surface area contributed by atoms with Crippen LogP contribution in [0.1, 0.15) is 20.3 Å². The first-order valence-electron chi connectivity index (χ1n) is 2.60. The van der Waals surface area contributed by atoms with Gasteiger partial charge in [-0.1, -0.05) is 6.92 Å². The number of hydrogen-bond acceptors (Lipinski definition) is 1. The zero-order valence-electron chi connectivity index (χ0n) is 4.73. The first kappa shape index (κ1) is 4.64. The van der Waals surface area contributed by atoms with Gasteiger partial charge < -0.3 is 0 Å². The van der Waals surface area contributed by atoms with E-state index < -0.39 is 0 Å². The largest absolute Gasteiger partial charge is 0.198 e. The van der Waals surface area contributed by atoms with Gasteiger partial charge in [-0.3, -0.25) is 0 Å². The minimum Gasteiger partial charge on any atom is -0.198 e. The van der Waals surface area contributed by atoms with Crippen LogP contribution in [0.3, 0.4) is 0 Å². The van der Waals surface area contributed by atoms with E-state index in [1.54, 1.807) is 0 Å². The van der Waals surface area contributed by atoms with E-state index >= 15 is 0 Å². The van der Waals surface area contributed by atoms with Gasteiger partial charge in [0.1, 0.15) is 0 Å². The summed E-state index contributed by atoms with van der Waals surface area (Å²) in [7, 11) is 0. The number of nitriles is 1. The highest BCUT2D eigenvalue weighted by Crippen LogP contribution is 2.50. The van der Waals surface area contributed by atoms with Crippen molar-refractivity contribution in [1.82, 2.24) is 0 Å². The summed E-state index contributed by atoms with van der Waals surface area (Å²) >= 11 is 0. The fourth-order valence-corrected chi connectivity index (χ4v) is 0.733. The summed E-state index contributed by atoms with van der Waals surface area (Å²) in [5.74, 6) is 0.650.